The Kier molecular flexibility index (Phi) is 3.39. The van der Waals surface area contributed by atoms with Crippen LogP contribution in [0.15, 0.2) is 18.2 Å². The van der Waals surface area contributed by atoms with Gasteiger partial charge in [0.2, 0.25) is 0 Å². The van der Waals surface area contributed by atoms with Crippen LogP contribution in [-0.2, 0) is 0 Å². The first kappa shape index (κ1) is 11.1. The summed E-state index contributed by atoms with van der Waals surface area (Å²) in [6, 6.07) is 5.45. The van der Waals surface area contributed by atoms with Gasteiger partial charge < -0.3 is 10.4 Å². The van der Waals surface area contributed by atoms with E-state index in [1.165, 1.54) is 0 Å². The van der Waals surface area contributed by atoms with E-state index in [0.717, 1.165) is 24.9 Å². The topological polar surface area (TPSA) is 32.3 Å². The molecule has 0 amide bonds. The van der Waals surface area contributed by atoms with Gasteiger partial charge in [-0.15, -0.1) is 0 Å². The Hall–Kier alpha value is -0.440. The van der Waals surface area contributed by atoms with E-state index in [1.54, 1.807) is 12.1 Å². The summed E-state index contributed by atoms with van der Waals surface area (Å²) in [5, 5.41) is 14.1. The lowest BCUT2D eigenvalue weighted by Gasteiger charge is -2.18. The molecule has 0 radical (unpaired) electrons. The number of hydrogen-bond donors (Lipinski definition) is 2. The minimum Gasteiger partial charge on any atom is -0.391 e. The second-order valence-corrected chi connectivity index (χ2v) is 4.72. The number of halogens is 2. The minimum absolute atomic E-state index is 0.115. The van der Waals surface area contributed by atoms with Crippen LogP contribution in [0.1, 0.15) is 19.3 Å². The molecule has 1 saturated carbocycles. The number of benzene rings is 1. The third kappa shape index (κ3) is 2.57. The Balaban J connectivity index is 2.10. The maximum atomic E-state index is 9.66. The normalized spacial score (nSPS) is 25.5. The lowest BCUT2D eigenvalue weighted by atomic mass is 10.2. The molecule has 2 rings (SSSR count). The molecule has 1 aliphatic rings. The lowest BCUT2D eigenvalue weighted by molar-refractivity contribution is 0.172. The summed E-state index contributed by atoms with van der Waals surface area (Å²) in [5.74, 6) is 0. The number of aliphatic hydroxyl groups is 1. The molecule has 0 saturated heterocycles. The molecule has 0 bridgehead atoms. The van der Waals surface area contributed by atoms with Crippen LogP contribution >= 0.6 is 23.2 Å². The first-order valence-corrected chi connectivity index (χ1v) is 5.82. The minimum atomic E-state index is -0.267. The van der Waals surface area contributed by atoms with Gasteiger partial charge in [-0.05, 0) is 37.5 Å². The first-order chi connectivity index (χ1) is 7.16. The number of anilines is 1. The second-order valence-electron chi connectivity index (χ2n) is 3.87. The standard InChI is InChI=1S/C11H13Cl2NO/c12-7-4-5-9(8(13)6-7)14-10-2-1-3-11(10)15/h4-6,10-11,14-15H,1-3H2/t10-,11-/m0/s1. The molecule has 1 fully saturated rings. The average molecular weight is 246 g/mol. The van der Waals surface area contributed by atoms with Crippen LogP contribution in [0.3, 0.4) is 0 Å². The van der Waals surface area contributed by atoms with Gasteiger partial charge in [0.1, 0.15) is 0 Å². The highest BCUT2D eigenvalue weighted by atomic mass is 35.5. The summed E-state index contributed by atoms with van der Waals surface area (Å²) in [5.41, 5.74) is 0.840. The number of aliphatic hydroxyl groups excluding tert-OH is 1. The molecule has 0 aromatic heterocycles. The average Bonchev–Trinajstić information content (AvgIpc) is 2.57. The number of rotatable bonds is 2. The van der Waals surface area contributed by atoms with Crippen LogP contribution in [-0.4, -0.2) is 17.3 Å². The zero-order valence-corrected chi connectivity index (χ0v) is 9.72. The zero-order chi connectivity index (χ0) is 10.8. The third-order valence-electron chi connectivity index (χ3n) is 2.75. The van der Waals surface area contributed by atoms with Crippen molar-refractivity contribution in [2.45, 2.75) is 31.4 Å². The highest BCUT2D eigenvalue weighted by Crippen LogP contribution is 2.29. The SMILES string of the molecule is O[C@H]1CCC[C@@H]1Nc1ccc(Cl)cc1Cl. The molecule has 2 atom stereocenters. The van der Waals surface area contributed by atoms with Crippen LogP contribution in [0.2, 0.25) is 10.0 Å². The van der Waals surface area contributed by atoms with E-state index in [9.17, 15) is 5.11 Å². The van der Waals surface area contributed by atoms with Gasteiger partial charge in [0, 0.05) is 5.02 Å². The highest BCUT2D eigenvalue weighted by Gasteiger charge is 2.25. The molecule has 1 aliphatic carbocycles. The molecule has 0 aliphatic heterocycles. The fourth-order valence-corrected chi connectivity index (χ4v) is 2.38. The first-order valence-electron chi connectivity index (χ1n) is 5.06. The van der Waals surface area contributed by atoms with E-state index in [-0.39, 0.29) is 12.1 Å². The van der Waals surface area contributed by atoms with Crippen LogP contribution < -0.4 is 5.32 Å². The molecule has 0 unspecified atom stereocenters. The van der Waals surface area contributed by atoms with E-state index in [2.05, 4.69) is 5.32 Å². The van der Waals surface area contributed by atoms with Gasteiger partial charge in [0.15, 0.2) is 0 Å². The zero-order valence-electron chi connectivity index (χ0n) is 8.21. The molecule has 0 spiro atoms. The van der Waals surface area contributed by atoms with Crippen molar-refractivity contribution in [2.24, 2.45) is 0 Å². The molecular formula is C11H13Cl2NO. The fraction of sp³-hybridized carbons (Fsp3) is 0.455. The van der Waals surface area contributed by atoms with Crippen molar-refractivity contribution in [1.29, 1.82) is 0 Å². The van der Waals surface area contributed by atoms with Crippen LogP contribution in [0.5, 0.6) is 0 Å². The molecule has 2 N–H and O–H groups in total. The Morgan fingerprint density at radius 1 is 1.27 bits per heavy atom. The maximum absolute atomic E-state index is 9.66. The van der Waals surface area contributed by atoms with E-state index in [4.69, 9.17) is 23.2 Å². The van der Waals surface area contributed by atoms with Crippen molar-refractivity contribution < 1.29 is 5.11 Å². The number of hydrogen-bond acceptors (Lipinski definition) is 2. The molecule has 1 aromatic rings. The summed E-state index contributed by atoms with van der Waals surface area (Å²) in [4.78, 5) is 0. The second kappa shape index (κ2) is 4.60. The predicted octanol–water partition coefficient (Wildman–Crippen LogP) is 3.32. The maximum Gasteiger partial charge on any atom is 0.0741 e. The van der Waals surface area contributed by atoms with E-state index in [0.29, 0.717) is 10.0 Å². The molecule has 2 nitrogen and oxygen atoms in total. The Morgan fingerprint density at radius 2 is 2.07 bits per heavy atom. The van der Waals surface area contributed by atoms with Gasteiger partial charge >= 0.3 is 0 Å². The predicted molar refractivity (Wildman–Crippen MR) is 63.7 cm³/mol. The van der Waals surface area contributed by atoms with Crippen molar-refractivity contribution in [3.63, 3.8) is 0 Å². The summed E-state index contributed by atoms with van der Waals surface area (Å²) < 4.78 is 0. The van der Waals surface area contributed by atoms with Crippen LogP contribution in [0.4, 0.5) is 5.69 Å². The Bertz CT molecular complexity index is 356. The van der Waals surface area contributed by atoms with Gasteiger partial charge in [0.05, 0.1) is 22.9 Å². The van der Waals surface area contributed by atoms with E-state index >= 15 is 0 Å². The quantitative estimate of drug-likeness (QED) is 0.838. The smallest absolute Gasteiger partial charge is 0.0741 e. The largest absolute Gasteiger partial charge is 0.391 e. The molecular weight excluding hydrogens is 233 g/mol. The summed E-state index contributed by atoms with van der Waals surface area (Å²) in [6.07, 6.45) is 2.64. The van der Waals surface area contributed by atoms with Crippen molar-refractivity contribution in [2.75, 3.05) is 5.32 Å². The van der Waals surface area contributed by atoms with Crippen LogP contribution in [0, 0.1) is 0 Å². The van der Waals surface area contributed by atoms with Crippen molar-refractivity contribution in [1.82, 2.24) is 0 Å². The molecule has 4 heteroatoms. The molecule has 0 heterocycles. The number of nitrogens with one attached hydrogen (secondary N) is 1. The van der Waals surface area contributed by atoms with Crippen molar-refractivity contribution >= 4 is 28.9 Å². The highest BCUT2D eigenvalue weighted by molar-refractivity contribution is 6.36. The van der Waals surface area contributed by atoms with Crippen molar-refractivity contribution in [3.05, 3.63) is 28.2 Å². The van der Waals surface area contributed by atoms with Gasteiger partial charge in [-0.2, -0.15) is 0 Å². The summed E-state index contributed by atoms with van der Waals surface area (Å²) in [7, 11) is 0. The summed E-state index contributed by atoms with van der Waals surface area (Å²) in [6.45, 7) is 0. The molecule has 82 valence electrons. The van der Waals surface area contributed by atoms with Crippen LogP contribution in [0.25, 0.3) is 0 Å². The monoisotopic (exact) mass is 245 g/mol. The van der Waals surface area contributed by atoms with Crippen molar-refractivity contribution in [3.8, 4) is 0 Å². The summed E-state index contributed by atoms with van der Waals surface area (Å²) >= 11 is 11.8. The Labute approximate surface area is 99.2 Å². The van der Waals surface area contributed by atoms with E-state index in [1.807, 2.05) is 6.07 Å². The van der Waals surface area contributed by atoms with Gasteiger partial charge in [-0.1, -0.05) is 23.2 Å². The molecule has 15 heavy (non-hydrogen) atoms. The molecule has 1 aromatic carbocycles. The van der Waals surface area contributed by atoms with Gasteiger partial charge in [0.25, 0.3) is 0 Å². The third-order valence-corrected chi connectivity index (χ3v) is 3.30. The lowest BCUT2D eigenvalue weighted by Crippen LogP contribution is -2.27. The fourth-order valence-electron chi connectivity index (χ4n) is 1.92. The van der Waals surface area contributed by atoms with Gasteiger partial charge in [-0.25, -0.2) is 0 Å². The van der Waals surface area contributed by atoms with Gasteiger partial charge in [-0.3, -0.25) is 0 Å². The Morgan fingerprint density at radius 3 is 2.67 bits per heavy atom. The van der Waals surface area contributed by atoms with E-state index < -0.39 is 0 Å².